The molecule has 2 unspecified atom stereocenters. The third-order valence-electron chi connectivity index (χ3n) is 3.81. The molecule has 0 fully saturated rings. The van der Waals surface area contributed by atoms with E-state index >= 15 is 0 Å². The zero-order chi connectivity index (χ0) is 17.2. The lowest BCUT2D eigenvalue weighted by atomic mass is 10.1. The summed E-state index contributed by atoms with van der Waals surface area (Å²) in [6, 6.07) is 14.5. The van der Waals surface area contributed by atoms with Crippen LogP contribution in [0.2, 0.25) is 0 Å². The number of halogens is 1. The van der Waals surface area contributed by atoms with E-state index in [1.54, 1.807) is 6.26 Å². The number of thioether (sulfide) groups is 1. The number of aliphatic imine (C=N–C) groups is 1. The second-order valence-corrected chi connectivity index (χ2v) is 7.04. The molecular weight excluding hydrogens is 445 g/mol. The van der Waals surface area contributed by atoms with Gasteiger partial charge in [0.25, 0.3) is 0 Å². The van der Waals surface area contributed by atoms with Crippen LogP contribution < -0.4 is 10.6 Å². The minimum atomic E-state index is 0. The number of rotatable bonds is 8. The molecule has 4 nitrogen and oxygen atoms in total. The fourth-order valence-electron chi connectivity index (χ4n) is 2.24. The van der Waals surface area contributed by atoms with Gasteiger partial charge in [0, 0.05) is 18.2 Å². The smallest absolute Gasteiger partial charge is 0.191 e. The van der Waals surface area contributed by atoms with Crippen LogP contribution in [0.3, 0.4) is 0 Å². The second kappa shape index (κ2) is 12.2. The Hall–Kier alpha value is -1.15. The molecule has 138 valence electrons. The van der Waals surface area contributed by atoms with E-state index in [0.29, 0.717) is 5.25 Å². The number of benzene rings is 1. The Morgan fingerprint density at radius 1 is 1.16 bits per heavy atom. The highest BCUT2D eigenvalue weighted by atomic mass is 127. The number of hydrogen-bond acceptors (Lipinski definition) is 3. The van der Waals surface area contributed by atoms with E-state index in [1.165, 1.54) is 5.56 Å². The fourth-order valence-corrected chi connectivity index (χ4v) is 2.46. The van der Waals surface area contributed by atoms with Crippen molar-refractivity contribution in [3.05, 3.63) is 60.1 Å². The number of hydrogen-bond donors (Lipinski definition) is 2. The van der Waals surface area contributed by atoms with Crippen LogP contribution in [0.1, 0.15) is 31.2 Å². The zero-order valence-corrected chi connectivity index (χ0v) is 18.2. The molecule has 2 N–H and O–H groups in total. The lowest BCUT2D eigenvalue weighted by Crippen LogP contribution is -2.40. The molecule has 0 aliphatic heterocycles. The van der Waals surface area contributed by atoms with Crippen LogP contribution in [0.25, 0.3) is 0 Å². The zero-order valence-electron chi connectivity index (χ0n) is 15.1. The summed E-state index contributed by atoms with van der Waals surface area (Å²) < 4.78 is 5.38. The van der Waals surface area contributed by atoms with E-state index < -0.39 is 0 Å². The fraction of sp³-hybridized carbons (Fsp3) is 0.421. The Morgan fingerprint density at radius 3 is 2.56 bits per heavy atom. The predicted octanol–water partition coefficient (Wildman–Crippen LogP) is 4.49. The highest BCUT2D eigenvalue weighted by molar-refractivity contribution is 14.0. The number of furan rings is 1. The van der Waals surface area contributed by atoms with Crippen LogP contribution in [-0.2, 0) is 6.42 Å². The predicted molar refractivity (Wildman–Crippen MR) is 119 cm³/mol. The van der Waals surface area contributed by atoms with Crippen molar-refractivity contribution in [2.24, 2.45) is 4.99 Å². The lowest BCUT2D eigenvalue weighted by Gasteiger charge is -2.19. The van der Waals surface area contributed by atoms with Gasteiger partial charge in [0.2, 0.25) is 0 Å². The maximum absolute atomic E-state index is 5.38. The van der Waals surface area contributed by atoms with Gasteiger partial charge in [0.15, 0.2) is 5.96 Å². The van der Waals surface area contributed by atoms with Gasteiger partial charge in [-0.3, -0.25) is 4.99 Å². The van der Waals surface area contributed by atoms with Crippen molar-refractivity contribution in [1.82, 2.24) is 10.6 Å². The molecule has 1 aromatic heterocycles. The van der Waals surface area contributed by atoms with E-state index in [2.05, 4.69) is 55.0 Å². The first kappa shape index (κ1) is 21.9. The Labute approximate surface area is 172 Å². The van der Waals surface area contributed by atoms with Crippen molar-refractivity contribution < 1.29 is 4.42 Å². The Kier molecular flexibility index (Phi) is 10.7. The van der Waals surface area contributed by atoms with Crippen molar-refractivity contribution in [2.45, 2.75) is 31.6 Å². The van der Waals surface area contributed by atoms with Gasteiger partial charge < -0.3 is 15.1 Å². The summed E-state index contributed by atoms with van der Waals surface area (Å²) in [6.45, 7) is 5.92. The topological polar surface area (TPSA) is 49.6 Å². The SMILES string of the molecule is CSC(C)CN=C(NCCc1ccco1)NC(C)c1ccccc1.I. The average molecular weight is 473 g/mol. The molecular formula is C19H28IN3OS. The second-order valence-electron chi connectivity index (χ2n) is 5.77. The molecule has 25 heavy (non-hydrogen) atoms. The summed E-state index contributed by atoms with van der Waals surface area (Å²) in [4.78, 5) is 4.72. The van der Waals surface area contributed by atoms with Crippen molar-refractivity contribution >= 4 is 41.7 Å². The first-order valence-electron chi connectivity index (χ1n) is 8.34. The molecule has 2 aromatic rings. The van der Waals surface area contributed by atoms with Crippen LogP contribution in [0.15, 0.2) is 58.1 Å². The minimum Gasteiger partial charge on any atom is -0.469 e. The molecule has 0 bridgehead atoms. The monoisotopic (exact) mass is 473 g/mol. The molecule has 0 radical (unpaired) electrons. The summed E-state index contributed by atoms with van der Waals surface area (Å²) in [5, 5.41) is 7.40. The van der Waals surface area contributed by atoms with Crippen LogP contribution in [-0.4, -0.2) is 30.6 Å². The van der Waals surface area contributed by atoms with E-state index in [0.717, 1.165) is 31.2 Å². The van der Waals surface area contributed by atoms with E-state index in [1.807, 2.05) is 30.0 Å². The van der Waals surface area contributed by atoms with E-state index in [9.17, 15) is 0 Å². The van der Waals surface area contributed by atoms with Gasteiger partial charge in [-0.15, -0.1) is 24.0 Å². The normalized spacial score (nSPS) is 13.6. The van der Waals surface area contributed by atoms with Gasteiger partial charge >= 0.3 is 0 Å². The van der Waals surface area contributed by atoms with Gasteiger partial charge in [-0.1, -0.05) is 37.3 Å². The van der Waals surface area contributed by atoms with Crippen molar-refractivity contribution in [2.75, 3.05) is 19.3 Å². The molecule has 0 aliphatic carbocycles. The molecule has 1 aromatic carbocycles. The summed E-state index contributed by atoms with van der Waals surface area (Å²) in [5.74, 6) is 1.83. The maximum Gasteiger partial charge on any atom is 0.191 e. The third kappa shape index (κ3) is 8.18. The molecule has 2 rings (SSSR count). The molecule has 0 saturated heterocycles. The van der Waals surface area contributed by atoms with Gasteiger partial charge in [0.1, 0.15) is 5.76 Å². The van der Waals surface area contributed by atoms with Gasteiger partial charge in [0.05, 0.1) is 18.8 Å². The quantitative estimate of drug-likeness (QED) is 0.337. The first-order valence-corrected chi connectivity index (χ1v) is 9.62. The highest BCUT2D eigenvalue weighted by Crippen LogP contribution is 2.11. The Morgan fingerprint density at radius 2 is 1.92 bits per heavy atom. The standard InChI is InChI=1S/C19H27N3OS.HI/c1-15(24-3)14-21-19(20-12-11-18-10-7-13-23-18)22-16(2)17-8-5-4-6-9-17;/h4-10,13,15-16H,11-12,14H2,1-3H3,(H2,20,21,22);1H. The van der Waals surface area contributed by atoms with E-state index in [-0.39, 0.29) is 30.0 Å². The van der Waals surface area contributed by atoms with Gasteiger partial charge in [-0.2, -0.15) is 11.8 Å². The summed E-state index contributed by atoms with van der Waals surface area (Å²) in [6.07, 6.45) is 4.66. The van der Waals surface area contributed by atoms with Crippen LogP contribution in [0, 0.1) is 0 Å². The number of nitrogens with one attached hydrogen (secondary N) is 2. The largest absolute Gasteiger partial charge is 0.469 e. The summed E-state index contributed by atoms with van der Waals surface area (Å²) in [5.41, 5.74) is 1.25. The number of nitrogens with zero attached hydrogens (tertiary/aromatic N) is 1. The molecule has 2 atom stereocenters. The summed E-state index contributed by atoms with van der Waals surface area (Å²) in [7, 11) is 0. The summed E-state index contributed by atoms with van der Waals surface area (Å²) >= 11 is 1.83. The number of guanidine groups is 1. The van der Waals surface area contributed by atoms with Crippen molar-refractivity contribution in [3.8, 4) is 0 Å². The Balaban J connectivity index is 0.00000312. The van der Waals surface area contributed by atoms with Crippen LogP contribution in [0.4, 0.5) is 0 Å². The van der Waals surface area contributed by atoms with Crippen LogP contribution >= 0.6 is 35.7 Å². The molecule has 0 amide bonds. The van der Waals surface area contributed by atoms with Crippen molar-refractivity contribution in [3.63, 3.8) is 0 Å². The lowest BCUT2D eigenvalue weighted by molar-refractivity contribution is 0.506. The average Bonchev–Trinajstić information content (AvgIpc) is 3.13. The highest BCUT2D eigenvalue weighted by Gasteiger charge is 2.08. The third-order valence-corrected chi connectivity index (χ3v) is 4.76. The van der Waals surface area contributed by atoms with E-state index in [4.69, 9.17) is 9.41 Å². The van der Waals surface area contributed by atoms with Crippen molar-refractivity contribution in [1.29, 1.82) is 0 Å². The van der Waals surface area contributed by atoms with Crippen LogP contribution in [0.5, 0.6) is 0 Å². The molecule has 0 aliphatic rings. The molecule has 1 heterocycles. The molecule has 0 saturated carbocycles. The molecule has 6 heteroatoms. The Bertz CT molecular complexity index is 604. The van der Waals surface area contributed by atoms with Gasteiger partial charge in [-0.25, -0.2) is 0 Å². The minimum absolute atomic E-state index is 0. The molecule has 0 spiro atoms. The maximum atomic E-state index is 5.38. The first-order chi connectivity index (χ1) is 11.7. The van der Waals surface area contributed by atoms with Gasteiger partial charge in [-0.05, 0) is 30.9 Å².